The van der Waals surface area contributed by atoms with Gasteiger partial charge in [0.25, 0.3) is 5.91 Å². The van der Waals surface area contributed by atoms with Gasteiger partial charge in [0.05, 0.1) is 18.6 Å². The Kier molecular flexibility index (Phi) is 4.04. The fraction of sp³-hybridized carbons (Fsp3) is 0.500. The van der Waals surface area contributed by atoms with Gasteiger partial charge in [-0.25, -0.2) is 13.4 Å². The van der Waals surface area contributed by atoms with Crippen LogP contribution in [0.4, 0.5) is 0 Å². The second kappa shape index (κ2) is 5.56. The Morgan fingerprint density at radius 2 is 2.37 bits per heavy atom. The highest BCUT2D eigenvalue weighted by Crippen LogP contribution is 2.18. The number of methoxy groups -OCH3 is 1. The van der Waals surface area contributed by atoms with Crippen LogP contribution >= 0.6 is 0 Å². The van der Waals surface area contributed by atoms with Crippen molar-refractivity contribution in [1.29, 1.82) is 0 Å². The predicted octanol–water partition coefficient (Wildman–Crippen LogP) is 0.255. The summed E-state index contributed by atoms with van der Waals surface area (Å²) in [5.41, 5.74) is 0.353. The minimum atomic E-state index is -2.91. The molecule has 1 aliphatic heterocycles. The first kappa shape index (κ1) is 13.8. The number of hydrogen-bond acceptors (Lipinski definition) is 5. The predicted molar refractivity (Wildman–Crippen MR) is 69.9 cm³/mol. The molecule has 0 spiro atoms. The minimum Gasteiger partial charge on any atom is -0.480 e. The third-order valence-electron chi connectivity index (χ3n) is 3.09. The number of pyridine rings is 1. The molecule has 0 bridgehead atoms. The van der Waals surface area contributed by atoms with Crippen molar-refractivity contribution in [1.82, 2.24) is 10.3 Å². The van der Waals surface area contributed by atoms with Crippen LogP contribution in [-0.4, -0.2) is 44.5 Å². The van der Waals surface area contributed by atoms with E-state index < -0.39 is 9.84 Å². The lowest BCUT2D eigenvalue weighted by atomic mass is 10.1. The third kappa shape index (κ3) is 3.44. The standard InChI is InChI=1S/C12H16N2O4S/c1-18-12-10(3-2-5-13-12)11(15)14-7-9-4-6-19(16,17)8-9/h2-3,5,9H,4,6-8H2,1H3,(H,14,15)/t9-/m0/s1. The van der Waals surface area contributed by atoms with Gasteiger partial charge in [-0.1, -0.05) is 0 Å². The third-order valence-corrected chi connectivity index (χ3v) is 4.92. The Labute approximate surface area is 112 Å². The summed E-state index contributed by atoms with van der Waals surface area (Å²) in [5, 5.41) is 2.73. The van der Waals surface area contributed by atoms with E-state index in [4.69, 9.17) is 4.74 Å². The Hall–Kier alpha value is -1.63. The molecule has 1 aromatic rings. The molecule has 1 amide bonds. The van der Waals surface area contributed by atoms with Gasteiger partial charge in [-0.2, -0.15) is 0 Å². The number of rotatable bonds is 4. The van der Waals surface area contributed by atoms with Crippen molar-refractivity contribution in [2.45, 2.75) is 6.42 Å². The van der Waals surface area contributed by atoms with Crippen molar-refractivity contribution in [3.05, 3.63) is 23.9 Å². The van der Waals surface area contributed by atoms with Gasteiger partial charge in [0.15, 0.2) is 9.84 Å². The zero-order valence-corrected chi connectivity index (χ0v) is 11.4. The summed E-state index contributed by atoms with van der Waals surface area (Å²) in [4.78, 5) is 15.9. The highest BCUT2D eigenvalue weighted by molar-refractivity contribution is 7.91. The van der Waals surface area contributed by atoms with Crippen molar-refractivity contribution in [2.24, 2.45) is 5.92 Å². The van der Waals surface area contributed by atoms with Gasteiger partial charge in [-0.15, -0.1) is 0 Å². The Morgan fingerprint density at radius 1 is 1.58 bits per heavy atom. The van der Waals surface area contributed by atoms with E-state index in [9.17, 15) is 13.2 Å². The number of carbonyl (C=O) groups excluding carboxylic acids is 1. The van der Waals surface area contributed by atoms with Gasteiger partial charge in [0.2, 0.25) is 5.88 Å². The maximum Gasteiger partial charge on any atom is 0.256 e. The second-order valence-electron chi connectivity index (χ2n) is 4.54. The lowest BCUT2D eigenvalue weighted by Crippen LogP contribution is -2.30. The Morgan fingerprint density at radius 3 is 3.00 bits per heavy atom. The van der Waals surface area contributed by atoms with Crippen molar-refractivity contribution in [3.63, 3.8) is 0 Å². The summed E-state index contributed by atoms with van der Waals surface area (Å²) in [6, 6.07) is 3.27. The molecule has 19 heavy (non-hydrogen) atoms. The van der Waals surface area contributed by atoms with Crippen LogP contribution in [-0.2, 0) is 9.84 Å². The zero-order valence-electron chi connectivity index (χ0n) is 10.6. The van der Waals surface area contributed by atoms with E-state index in [0.29, 0.717) is 18.5 Å². The maximum absolute atomic E-state index is 12.0. The molecule has 1 saturated heterocycles. The fourth-order valence-corrected chi connectivity index (χ4v) is 3.95. The van der Waals surface area contributed by atoms with Crippen LogP contribution in [0.2, 0.25) is 0 Å². The fourth-order valence-electron chi connectivity index (χ4n) is 2.09. The monoisotopic (exact) mass is 284 g/mol. The van der Waals surface area contributed by atoms with E-state index in [0.717, 1.165) is 0 Å². The number of nitrogens with one attached hydrogen (secondary N) is 1. The lowest BCUT2D eigenvalue weighted by Gasteiger charge is -2.11. The molecule has 0 aliphatic carbocycles. The molecule has 6 nitrogen and oxygen atoms in total. The minimum absolute atomic E-state index is 0.00313. The van der Waals surface area contributed by atoms with Crippen molar-refractivity contribution in [2.75, 3.05) is 25.2 Å². The molecular formula is C12H16N2O4S. The first-order chi connectivity index (χ1) is 9.02. The molecule has 0 radical (unpaired) electrons. The topological polar surface area (TPSA) is 85.4 Å². The van der Waals surface area contributed by atoms with Crippen molar-refractivity contribution >= 4 is 15.7 Å². The molecule has 104 valence electrons. The molecule has 2 rings (SSSR count). The largest absolute Gasteiger partial charge is 0.480 e. The molecule has 0 saturated carbocycles. The van der Waals surface area contributed by atoms with Gasteiger partial charge in [0, 0.05) is 12.7 Å². The summed E-state index contributed by atoms with van der Waals surface area (Å²) in [6.45, 7) is 0.357. The van der Waals surface area contributed by atoms with Crippen molar-refractivity contribution < 1.29 is 17.9 Å². The van der Waals surface area contributed by atoms with Crippen LogP contribution in [0.3, 0.4) is 0 Å². The number of carbonyl (C=O) groups is 1. The average molecular weight is 284 g/mol. The van der Waals surface area contributed by atoms with Crippen LogP contribution in [0.15, 0.2) is 18.3 Å². The lowest BCUT2D eigenvalue weighted by molar-refractivity contribution is 0.0944. The van der Waals surface area contributed by atoms with Crippen LogP contribution in [0.1, 0.15) is 16.8 Å². The number of nitrogens with zero attached hydrogens (tertiary/aromatic N) is 1. The van der Waals surface area contributed by atoms with E-state index >= 15 is 0 Å². The van der Waals surface area contributed by atoms with Crippen molar-refractivity contribution in [3.8, 4) is 5.88 Å². The van der Waals surface area contributed by atoms with E-state index in [-0.39, 0.29) is 29.2 Å². The van der Waals surface area contributed by atoms with E-state index in [1.165, 1.54) is 7.11 Å². The molecule has 1 fully saturated rings. The second-order valence-corrected chi connectivity index (χ2v) is 6.77. The van der Waals surface area contributed by atoms with E-state index in [1.54, 1.807) is 18.3 Å². The molecule has 2 heterocycles. The first-order valence-electron chi connectivity index (χ1n) is 5.99. The SMILES string of the molecule is COc1ncccc1C(=O)NC[C@@H]1CCS(=O)(=O)C1. The molecular weight excluding hydrogens is 268 g/mol. The molecule has 1 atom stereocenters. The molecule has 7 heteroatoms. The van der Waals surface area contributed by atoms with Crippen LogP contribution in [0.5, 0.6) is 5.88 Å². The summed E-state index contributed by atoms with van der Waals surface area (Å²) in [7, 11) is -1.46. The summed E-state index contributed by atoms with van der Waals surface area (Å²) < 4.78 is 27.6. The van der Waals surface area contributed by atoms with Gasteiger partial charge in [-0.3, -0.25) is 4.79 Å². The maximum atomic E-state index is 12.0. The van der Waals surface area contributed by atoms with E-state index in [2.05, 4.69) is 10.3 Å². The smallest absolute Gasteiger partial charge is 0.256 e. The highest BCUT2D eigenvalue weighted by atomic mass is 32.2. The van der Waals surface area contributed by atoms with Crippen LogP contribution in [0.25, 0.3) is 0 Å². The van der Waals surface area contributed by atoms with Gasteiger partial charge < -0.3 is 10.1 Å². The quantitative estimate of drug-likeness (QED) is 0.857. The molecule has 0 unspecified atom stereocenters. The Bertz CT molecular complexity index is 571. The molecule has 0 aromatic carbocycles. The molecule has 1 aromatic heterocycles. The number of ether oxygens (including phenoxy) is 1. The number of amides is 1. The van der Waals surface area contributed by atoms with Crippen LogP contribution < -0.4 is 10.1 Å². The first-order valence-corrected chi connectivity index (χ1v) is 7.81. The van der Waals surface area contributed by atoms with Gasteiger partial charge in [-0.05, 0) is 24.5 Å². The Balaban J connectivity index is 1.95. The van der Waals surface area contributed by atoms with Crippen LogP contribution in [0, 0.1) is 5.92 Å². The number of sulfone groups is 1. The van der Waals surface area contributed by atoms with E-state index in [1.807, 2.05) is 0 Å². The normalized spacial score (nSPS) is 21.0. The van der Waals surface area contributed by atoms with Gasteiger partial charge >= 0.3 is 0 Å². The zero-order chi connectivity index (χ0) is 13.9. The highest BCUT2D eigenvalue weighted by Gasteiger charge is 2.28. The number of aromatic nitrogens is 1. The van der Waals surface area contributed by atoms with Gasteiger partial charge in [0.1, 0.15) is 5.56 Å². The molecule has 1 aliphatic rings. The average Bonchev–Trinajstić information content (AvgIpc) is 2.75. The summed E-state index contributed by atoms with van der Waals surface area (Å²) in [6.07, 6.45) is 2.14. The molecule has 1 N–H and O–H groups in total. The number of hydrogen-bond donors (Lipinski definition) is 1. The summed E-state index contributed by atoms with van der Waals surface area (Å²) in [5.74, 6) is 0.325. The summed E-state index contributed by atoms with van der Waals surface area (Å²) >= 11 is 0.